The van der Waals surface area contributed by atoms with Crippen LogP contribution in [0.25, 0.3) is 0 Å². The Morgan fingerprint density at radius 1 is 0.773 bits per heavy atom. The van der Waals surface area contributed by atoms with Crippen LogP contribution in [0.3, 0.4) is 0 Å². The zero-order valence-corrected chi connectivity index (χ0v) is 13.6. The highest BCUT2D eigenvalue weighted by Crippen LogP contribution is 2.06. The van der Waals surface area contributed by atoms with Crippen LogP contribution in [0, 0.1) is 0 Å². The lowest BCUT2D eigenvalue weighted by atomic mass is 10.1. The maximum Gasteiger partial charge on any atom is 0.0704 e. The van der Waals surface area contributed by atoms with Gasteiger partial charge >= 0.3 is 0 Å². The molecule has 0 saturated carbocycles. The quantitative estimate of drug-likeness (QED) is 0.359. The van der Waals surface area contributed by atoms with Gasteiger partial charge in [0.1, 0.15) is 0 Å². The lowest BCUT2D eigenvalue weighted by Gasteiger charge is -2.22. The van der Waals surface area contributed by atoms with Crippen LogP contribution in [0.15, 0.2) is 12.7 Å². The molecule has 1 N–H and O–H groups in total. The van der Waals surface area contributed by atoms with Crippen molar-refractivity contribution in [3.05, 3.63) is 12.7 Å². The van der Waals surface area contributed by atoms with Crippen LogP contribution in [0.1, 0.15) is 12.8 Å². The fraction of sp³-hybridized carbons (Fsp3) is 0.875. The van der Waals surface area contributed by atoms with Gasteiger partial charge in [-0.25, -0.2) is 0 Å². The van der Waals surface area contributed by atoms with Crippen LogP contribution in [0.2, 0.25) is 0 Å². The minimum absolute atomic E-state index is 0.397. The second-order valence-corrected chi connectivity index (χ2v) is 5.02. The lowest BCUT2D eigenvalue weighted by Crippen LogP contribution is -2.33. The van der Waals surface area contributed by atoms with E-state index in [9.17, 15) is 0 Å². The molecular formula is C16H31NO5. The fourth-order valence-electron chi connectivity index (χ4n) is 2.06. The maximum absolute atomic E-state index is 5.74. The summed E-state index contributed by atoms with van der Waals surface area (Å²) in [5.41, 5.74) is 0. The smallest absolute Gasteiger partial charge is 0.0704 e. The van der Waals surface area contributed by atoms with Crippen molar-refractivity contribution < 1.29 is 23.7 Å². The first-order chi connectivity index (χ1) is 10.9. The van der Waals surface area contributed by atoms with Gasteiger partial charge in [-0.15, -0.1) is 6.58 Å². The third kappa shape index (κ3) is 12.1. The monoisotopic (exact) mass is 317 g/mol. The Balaban J connectivity index is 1.68. The molecule has 0 spiro atoms. The molecule has 1 heterocycles. The molecule has 1 rings (SSSR count). The molecule has 1 fully saturated rings. The van der Waals surface area contributed by atoms with Gasteiger partial charge in [0.25, 0.3) is 0 Å². The highest BCUT2D eigenvalue weighted by Gasteiger charge is 2.12. The number of piperidine rings is 1. The van der Waals surface area contributed by atoms with Gasteiger partial charge in [0.15, 0.2) is 0 Å². The fourth-order valence-corrected chi connectivity index (χ4v) is 2.06. The summed E-state index contributed by atoms with van der Waals surface area (Å²) in [5, 5.41) is 3.32. The van der Waals surface area contributed by atoms with Crippen LogP contribution in [0.5, 0.6) is 0 Å². The molecular weight excluding hydrogens is 286 g/mol. The number of ether oxygens (including phenoxy) is 5. The Morgan fingerprint density at radius 2 is 1.27 bits per heavy atom. The topological polar surface area (TPSA) is 58.2 Å². The Labute approximate surface area is 134 Å². The van der Waals surface area contributed by atoms with E-state index in [-0.39, 0.29) is 0 Å². The van der Waals surface area contributed by atoms with E-state index >= 15 is 0 Å². The molecule has 0 atom stereocenters. The largest absolute Gasteiger partial charge is 0.377 e. The third-order valence-electron chi connectivity index (χ3n) is 3.22. The van der Waals surface area contributed by atoms with Gasteiger partial charge in [0.2, 0.25) is 0 Å². The van der Waals surface area contributed by atoms with Gasteiger partial charge in [0.05, 0.1) is 65.6 Å². The molecule has 0 amide bonds. The van der Waals surface area contributed by atoms with Crippen molar-refractivity contribution >= 4 is 0 Å². The molecule has 0 bridgehead atoms. The van der Waals surface area contributed by atoms with Crippen molar-refractivity contribution in [3.8, 4) is 0 Å². The SMILES string of the molecule is C=CCOCCOCCOCCOCCOC1CCNCC1. The first-order valence-corrected chi connectivity index (χ1v) is 8.17. The Hall–Kier alpha value is -0.500. The number of hydrogen-bond acceptors (Lipinski definition) is 6. The van der Waals surface area contributed by atoms with Crippen LogP contribution in [-0.4, -0.2) is 78.7 Å². The van der Waals surface area contributed by atoms with Gasteiger partial charge in [-0.3, -0.25) is 0 Å². The van der Waals surface area contributed by atoms with Crippen LogP contribution in [-0.2, 0) is 23.7 Å². The molecule has 22 heavy (non-hydrogen) atoms. The summed E-state index contributed by atoms with van der Waals surface area (Å²) in [6.45, 7) is 11.1. The van der Waals surface area contributed by atoms with E-state index in [1.807, 2.05) is 0 Å². The summed E-state index contributed by atoms with van der Waals surface area (Å²) in [7, 11) is 0. The standard InChI is InChI=1S/C16H31NO5/c1-2-7-18-8-9-19-10-11-20-12-13-21-14-15-22-16-3-5-17-6-4-16/h2,16-17H,1,3-15H2. The van der Waals surface area contributed by atoms with Crippen molar-refractivity contribution in [2.75, 3.05) is 72.6 Å². The first kappa shape index (κ1) is 19.5. The second-order valence-electron chi connectivity index (χ2n) is 5.02. The van der Waals surface area contributed by atoms with Crippen molar-refractivity contribution in [2.45, 2.75) is 18.9 Å². The van der Waals surface area contributed by atoms with Crippen LogP contribution in [0.4, 0.5) is 0 Å². The average Bonchev–Trinajstić information content (AvgIpc) is 2.56. The van der Waals surface area contributed by atoms with E-state index in [4.69, 9.17) is 23.7 Å². The van der Waals surface area contributed by atoms with Gasteiger partial charge in [-0.2, -0.15) is 0 Å². The molecule has 0 aliphatic carbocycles. The molecule has 0 aromatic heterocycles. The number of hydrogen-bond donors (Lipinski definition) is 1. The highest BCUT2D eigenvalue weighted by atomic mass is 16.6. The predicted octanol–water partition coefficient (Wildman–Crippen LogP) is 1.01. The molecule has 0 aromatic rings. The van der Waals surface area contributed by atoms with Gasteiger partial charge in [0, 0.05) is 0 Å². The molecule has 1 aliphatic heterocycles. The zero-order chi connectivity index (χ0) is 15.7. The Kier molecular flexibility index (Phi) is 13.7. The van der Waals surface area contributed by atoms with E-state index in [1.54, 1.807) is 6.08 Å². The third-order valence-corrected chi connectivity index (χ3v) is 3.22. The van der Waals surface area contributed by atoms with E-state index < -0.39 is 0 Å². The van der Waals surface area contributed by atoms with Crippen molar-refractivity contribution in [1.29, 1.82) is 0 Å². The minimum Gasteiger partial charge on any atom is -0.377 e. The van der Waals surface area contributed by atoms with E-state index in [2.05, 4.69) is 11.9 Å². The predicted molar refractivity (Wildman–Crippen MR) is 85.3 cm³/mol. The summed E-state index contributed by atoms with van der Waals surface area (Å²) < 4.78 is 27.1. The van der Waals surface area contributed by atoms with E-state index in [0.29, 0.717) is 65.6 Å². The van der Waals surface area contributed by atoms with Gasteiger partial charge < -0.3 is 29.0 Å². The summed E-state index contributed by atoms with van der Waals surface area (Å²) in [6.07, 6.45) is 4.32. The molecule has 1 aliphatic rings. The maximum atomic E-state index is 5.74. The molecule has 0 unspecified atom stereocenters. The van der Waals surface area contributed by atoms with Crippen molar-refractivity contribution in [2.24, 2.45) is 0 Å². The van der Waals surface area contributed by atoms with Gasteiger partial charge in [-0.05, 0) is 25.9 Å². The molecule has 6 nitrogen and oxygen atoms in total. The molecule has 0 radical (unpaired) electrons. The second kappa shape index (κ2) is 15.4. The Bertz CT molecular complexity index is 247. The molecule has 0 aromatic carbocycles. The van der Waals surface area contributed by atoms with Gasteiger partial charge in [-0.1, -0.05) is 6.08 Å². The van der Waals surface area contributed by atoms with Crippen molar-refractivity contribution in [3.63, 3.8) is 0 Å². The normalized spacial score (nSPS) is 16.0. The summed E-state index contributed by atoms with van der Waals surface area (Å²) in [6, 6.07) is 0. The summed E-state index contributed by atoms with van der Waals surface area (Å²) >= 11 is 0. The van der Waals surface area contributed by atoms with Crippen LogP contribution >= 0.6 is 0 Å². The zero-order valence-electron chi connectivity index (χ0n) is 13.6. The summed E-state index contributed by atoms with van der Waals surface area (Å²) in [5.74, 6) is 0. The number of rotatable bonds is 15. The van der Waals surface area contributed by atoms with E-state index in [1.165, 1.54) is 0 Å². The minimum atomic E-state index is 0.397. The first-order valence-electron chi connectivity index (χ1n) is 8.17. The number of nitrogens with one attached hydrogen (secondary N) is 1. The molecule has 130 valence electrons. The van der Waals surface area contributed by atoms with Crippen LogP contribution < -0.4 is 5.32 Å². The summed E-state index contributed by atoms with van der Waals surface area (Å²) in [4.78, 5) is 0. The molecule has 6 heteroatoms. The average molecular weight is 317 g/mol. The molecule has 1 saturated heterocycles. The lowest BCUT2D eigenvalue weighted by molar-refractivity contribution is -0.0274. The van der Waals surface area contributed by atoms with E-state index in [0.717, 1.165) is 25.9 Å². The highest BCUT2D eigenvalue weighted by molar-refractivity contribution is 4.67. The Morgan fingerprint density at radius 3 is 1.82 bits per heavy atom. The van der Waals surface area contributed by atoms with Crippen molar-refractivity contribution in [1.82, 2.24) is 5.32 Å².